The van der Waals surface area contributed by atoms with Crippen molar-refractivity contribution in [3.63, 3.8) is 0 Å². The van der Waals surface area contributed by atoms with Crippen LogP contribution in [0.15, 0.2) is 45.6 Å². The molecule has 1 fully saturated rings. The molecule has 112 valence electrons. The maximum absolute atomic E-state index is 9.39. The highest BCUT2D eigenvalue weighted by Gasteiger charge is 2.31. The van der Waals surface area contributed by atoms with E-state index in [-0.39, 0.29) is 12.1 Å². The van der Waals surface area contributed by atoms with Gasteiger partial charge in [0.1, 0.15) is 11.5 Å². The van der Waals surface area contributed by atoms with Crippen LogP contribution in [0.2, 0.25) is 0 Å². The van der Waals surface area contributed by atoms with Crippen LogP contribution in [-0.2, 0) is 0 Å². The van der Waals surface area contributed by atoms with Crippen LogP contribution < -0.4 is 0 Å². The summed E-state index contributed by atoms with van der Waals surface area (Å²) in [5.41, 5.74) is 0. The number of rotatable bonds is 4. The van der Waals surface area contributed by atoms with E-state index in [1.807, 2.05) is 12.1 Å². The second-order valence-corrected chi connectivity index (χ2v) is 5.17. The van der Waals surface area contributed by atoms with Crippen LogP contribution >= 0.6 is 0 Å². The lowest BCUT2D eigenvalue weighted by Gasteiger charge is -2.37. The molecular weight excluding hydrogens is 280 g/mol. The number of nitrogens with zero attached hydrogens (tertiary/aromatic N) is 4. The summed E-state index contributed by atoms with van der Waals surface area (Å²) < 4.78 is 10.7. The van der Waals surface area contributed by atoms with Crippen LogP contribution in [0.4, 0.5) is 0 Å². The second-order valence-electron chi connectivity index (χ2n) is 5.17. The number of hydrogen-bond acceptors (Lipinski definition) is 6. The average molecular weight is 296 g/mol. The van der Waals surface area contributed by atoms with E-state index in [9.17, 15) is 10.5 Å². The summed E-state index contributed by atoms with van der Waals surface area (Å²) in [6.45, 7) is 2.82. The van der Waals surface area contributed by atoms with Gasteiger partial charge in [-0.2, -0.15) is 10.5 Å². The molecule has 0 aromatic carbocycles. The molecule has 2 aromatic heterocycles. The molecule has 3 rings (SSSR count). The smallest absolute Gasteiger partial charge is 0.156 e. The maximum atomic E-state index is 9.39. The van der Waals surface area contributed by atoms with E-state index >= 15 is 0 Å². The molecule has 3 heterocycles. The van der Waals surface area contributed by atoms with Gasteiger partial charge in [0.15, 0.2) is 12.1 Å². The molecule has 6 nitrogen and oxygen atoms in total. The summed E-state index contributed by atoms with van der Waals surface area (Å²) in [5, 5.41) is 18.8. The highest BCUT2D eigenvalue weighted by Crippen LogP contribution is 2.26. The molecular formula is C16H16N4O2. The van der Waals surface area contributed by atoms with Gasteiger partial charge in [0.2, 0.25) is 0 Å². The topological polar surface area (TPSA) is 80.3 Å². The van der Waals surface area contributed by atoms with Gasteiger partial charge in [0.05, 0.1) is 24.7 Å². The molecule has 0 aliphatic carbocycles. The molecule has 6 heteroatoms. The lowest BCUT2D eigenvalue weighted by molar-refractivity contribution is 0.0857. The van der Waals surface area contributed by atoms with Crippen molar-refractivity contribution in [3.05, 3.63) is 48.3 Å². The van der Waals surface area contributed by atoms with Crippen LogP contribution in [0.3, 0.4) is 0 Å². The van der Waals surface area contributed by atoms with Crippen LogP contribution in [0.1, 0.15) is 23.6 Å². The van der Waals surface area contributed by atoms with Gasteiger partial charge in [-0.05, 0) is 24.3 Å². The van der Waals surface area contributed by atoms with E-state index in [0.717, 1.165) is 0 Å². The SMILES string of the molecule is N#C[C@H](c1ccco1)N1CCN([C@H](C#N)c2ccco2)CC1. The zero-order chi connectivity index (χ0) is 15.4. The van der Waals surface area contributed by atoms with Gasteiger partial charge in [0.25, 0.3) is 0 Å². The van der Waals surface area contributed by atoms with Crippen molar-refractivity contribution in [2.24, 2.45) is 0 Å². The van der Waals surface area contributed by atoms with Gasteiger partial charge < -0.3 is 8.83 Å². The molecule has 0 saturated carbocycles. The summed E-state index contributed by atoms with van der Waals surface area (Å²) in [7, 11) is 0. The van der Waals surface area contributed by atoms with Gasteiger partial charge in [-0.3, -0.25) is 9.80 Å². The fraction of sp³-hybridized carbons (Fsp3) is 0.375. The fourth-order valence-electron chi connectivity index (χ4n) is 2.80. The number of nitriles is 2. The molecule has 0 amide bonds. The van der Waals surface area contributed by atoms with Crippen molar-refractivity contribution in [2.75, 3.05) is 26.2 Å². The van der Waals surface area contributed by atoms with E-state index in [4.69, 9.17) is 8.83 Å². The molecule has 2 aromatic rings. The highest BCUT2D eigenvalue weighted by atomic mass is 16.3. The number of piperazine rings is 1. The van der Waals surface area contributed by atoms with E-state index in [2.05, 4.69) is 21.9 Å². The van der Waals surface area contributed by atoms with Gasteiger partial charge in [-0.25, -0.2) is 0 Å². The molecule has 0 radical (unpaired) electrons. The third-order valence-corrected chi connectivity index (χ3v) is 3.95. The van der Waals surface area contributed by atoms with Crippen molar-refractivity contribution in [3.8, 4) is 12.1 Å². The zero-order valence-electron chi connectivity index (χ0n) is 12.1. The Morgan fingerprint density at radius 2 is 1.23 bits per heavy atom. The van der Waals surface area contributed by atoms with Crippen LogP contribution in [0.5, 0.6) is 0 Å². The predicted molar refractivity (Wildman–Crippen MR) is 77.3 cm³/mol. The largest absolute Gasteiger partial charge is 0.467 e. The Balaban J connectivity index is 1.65. The Bertz CT molecular complexity index is 598. The van der Waals surface area contributed by atoms with E-state index in [1.54, 1.807) is 24.7 Å². The zero-order valence-corrected chi connectivity index (χ0v) is 12.1. The minimum absolute atomic E-state index is 0.374. The van der Waals surface area contributed by atoms with Crippen molar-refractivity contribution >= 4 is 0 Å². The first-order valence-electron chi connectivity index (χ1n) is 7.17. The molecule has 1 aliphatic heterocycles. The number of hydrogen-bond donors (Lipinski definition) is 0. The van der Waals surface area contributed by atoms with Crippen molar-refractivity contribution in [1.82, 2.24) is 9.80 Å². The monoisotopic (exact) mass is 296 g/mol. The summed E-state index contributed by atoms with van der Waals surface area (Å²) in [5.74, 6) is 1.33. The molecule has 0 spiro atoms. The summed E-state index contributed by atoms with van der Waals surface area (Å²) in [4.78, 5) is 4.15. The quantitative estimate of drug-likeness (QED) is 0.861. The van der Waals surface area contributed by atoms with E-state index in [1.165, 1.54) is 0 Å². The summed E-state index contributed by atoms with van der Waals surface area (Å²) in [6, 6.07) is 11.1. The third-order valence-electron chi connectivity index (χ3n) is 3.95. The van der Waals surface area contributed by atoms with Crippen LogP contribution in [-0.4, -0.2) is 36.0 Å². The molecule has 0 N–H and O–H groups in total. The molecule has 22 heavy (non-hydrogen) atoms. The van der Waals surface area contributed by atoms with E-state index < -0.39 is 0 Å². The minimum atomic E-state index is -0.374. The van der Waals surface area contributed by atoms with Gasteiger partial charge in [0, 0.05) is 26.2 Å². The Labute approximate surface area is 128 Å². The van der Waals surface area contributed by atoms with Crippen LogP contribution in [0.25, 0.3) is 0 Å². The van der Waals surface area contributed by atoms with E-state index in [0.29, 0.717) is 37.7 Å². The lowest BCUT2D eigenvalue weighted by atomic mass is 10.1. The molecule has 0 bridgehead atoms. The number of furan rings is 2. The van der Waals surface area contributed by atoms with Crippen molar-refractivity contribution < 1.29 is 8.83 Å². The van der Waals surface area contributed by atoms with Gasteiger partial charge in [-0.1, -0.05) is 0 Å². The average Bonchev–Trinajstić information content (AvgIpc) is 3.24. The third kappa shape index (κ3) is 2.75. The molecule has 2 atom stereocenters. The first-order valence-corrected chi connectivity index (χ1v) is 7.17. The Morgan fingerprint density at radius 3 is 1.50 bits per heavy atom. The molecule has 1 aliphatic rings. The minimum Gasteiger partial charge on any atom is -0.467 e. The molecule has 1 saturated heterocycles. The Kier molecular flexibility index (Phi) is 4.24. The van der Waals surface area contributed by atoms with Crippen LogP contribution in [0, 0.1) is 22.7 Å². The Morgan fingerprint density at radius 1 is 0.818 bits per heavy atom. The summed E-state index contributed by atoms with van der Waals surface area (Å²) >= 11 is 0. The molecule has 0 unspecified atom stereocenters. The first kappa shape index (κ1) is 14.4. The first-order chi connectivity index (χ1) is 10.8. The maximum Gasteiger partial charge on any atom is 0.156 e. The van der Waals surface area contributed by atoms with Crippen molar-refractivity contribution in [1.29, 1.82) is 10.5 Å². The normalized spacial score (nSPS) is 19.2. The van der Waals surface area contributed by atoms with Gasteiger partial charge in [-0.15, -0.1) is 0 Å². The lowest BCUT2D eigenvalue weighted by Crippen LogP contribution is -2.48. The summed E-state index contributed by atoms with van der Waals surface area (Å²) in [6.07, 6.45) is 3.16. The van der Waals surface area contributed by atoms with Gasteiger partial charge >= 0.3 is 0 Å². The highest BCUT2D eigenvalue weighted by molar-refractivity contribution is 5.15. The second kappa shape index (κ2) is 6.48. The van der Waals surface area contributed by atoms with Crippen molar-refractivity contribution in [2.45, 2.75) is 12.1 Å². The predicted octanol–water partition coefficient (Wildman–Crippen LogP) is 2.32. The standard InChI is InChI=1S/C16H16N4O2/c17-11-13(15-3-1-9-21-15)19-5-7-20(8-6-19)14(12-18)16-4-2-10-22-16/h1-4,9-10,13-14H,5-8H2/t13-,14-/m1/s1. The fourth-order valence-corrected chi connectivity index (χ4v) is 2.80. The Hall–Kier alpha value is -2.54.